The Hall–Kier alpha value is -2.98. The first-order valence-corrected chi connectivity index (χ1v) is 14.4. The predicted molar refractivity (Wildman–Crippen MR) is 146 cm³/mol. The Balaban J connectivity index is 1.18. The van der Waals surface area contributed by atoms with Crippen LogP contribution in [0.15, 0.2) is 17.1 Å². The van der Waals surface area contributed by atoms with Crippen LogP contribution in [0.4, 0.5) is 10.1 Å². The molecule has 7 rings (SSSR count). The SMILES string of the molecule is Cc1cc2c(cnn2C2CCCCO2)c(N2CCc3c(nc(OC[C@@]45CCCN4C[C@H](F)C5)[nH]c3=O)C2)c1C. The zero-order chi connectivity index (χ0) is 26.7. The summed E-state index contributed by atoms with van der Waals surface area (Å²) >= 11 is 0. The largest absolute Gasteiger partial charge is 0.463 e. The summed E-state index contributed by atoms with van der Waals surface area (Å²) in [6.45, 7) is 8.02. The first-order valence-electron chi connectivity index (χ1n) is 14.4. The van der Waals surface area contributed by atoms with Gasteiger partial charge in [-0.25, -0.2) is 9.07 Å². The number of nitrogens with one attached hydrogen (secondary N) is 1. The fourth-order valence-corrected chi connectivity index (χ4v) is 7.28. The molecule has 3 atom stereocenters. The van der Waals surface area contributed by atoms with Crippen LogP contribution in [0.2, 0.25) is 0 Å². The highest BCUT2D eigenvalue weighted by Crippen LogP contribution is 2.41. The van der Waals surface area contributed by atoms with Crippen molar-refractivity contribution in [2.45, 2.75) is 83.3 Å². The van der Waals surface area contributed by atoms with Gasteiger partial charge in [0.05, 0.1) is 35.2 Å². The molecule has 0 radical (unpaired) electrons. The average molecular weight is 537 g/mol. The minimum atomic E-state index is -0.818. The van der Waals surface area contributed by atoms with Gasteiger partial charge in [0.25, 0.3) is 11.6 Å². The molecule has 4 aliphatic heterocycles. The maximum absolute atomic E-state index is 14.2. The van der Waals surface area contributed by atoms with Crippen LogP contribution in [-0.4, -0.2) is 69.2 Å². The second-order valence-electron chi connectivity index (χ2n) is 11.8. The summed E-state index contributed by atoms with van der Waals surface area (Å²) in [5, 5.41) is 5.86. The van der Waals surface area contributed by atoms with E-state index < -0.39 is 6.17 Å². The van der Waals surface area contributed by atoms with Gasteiger partial charge in [0.2, 0.25) is 0 Å². The van der Waals surface area contributed by atoms with Crippen LogP contribution < -0.4 is 15.2 Å². The number of alkyl halides is 1. The third-order valence-corrected chi connectivity index (χ3v) is 9.42. The van der Waals surface area contributed by atoms with Gasteiger partial charge < -0.3 is 14.4 Å². The molecule has 4 aliphatic rings. The zero-order valence-corrected chi connectivity index (χ0v) is 22.8. The van der Waals surface area contributed by atoms with Gasteiger partial charge in [0, 0.05) is 37.1 Å². The maximum Gasteiger partial charge on any atom is 0.296 e. The molecule has 39 heavy (non-hydrogen) atoms. The van der Waals surface area contributed by atoms with Crippen LogP contribution >= 0.6 is 0 Å². The number of benzene rings is 1. The molecular weight excluding hydrogens is 499 g/mol. The Morgan fingerprint density at radius 3 is 3.00 bits per heavy atom. The zero-order valence-electron chi connectivity index (χ0n) is 22.8. The third-order valence-electron chi connectivity index (χ3n) is 9.42. The van der Waals surface area contributed by atoms with Gasteiger partial charge in [0.15, 0.2) is 6.23 Å². The molecule has 0 bridgehead atoms. The molecule has 1 N–H and O–H groups in total. The summed E-state index contributed by atoms with van der Waals surface area (Å²) in [6.07, 6.45) is 7.37. The minimum absolute atomic E-state index is 0.0315. The van der Waals surface area contributed by atoms with E-state index in [0.717, 1.165) is 79.6 Å². The molecule has 3 saturated heterocycles. The summed E-state index contributed by atoms with van der Waals surface area (Å²) in [5.74, 6) is 0. The summed E-state index contributed by atoms with van der Waals surface area (Å²) in [6, 6.07) is 2.44. The molecule has 2 aromatic heterocycles. The summed E-state index contributed by atoms with van der Waals surface area (Å²) in [7, 11) is 0. The minimum Gasteiger partial charge on any atom is -0.463 e. The van der Waals surface area contributed by atoms with Crippen LogP contribution in [0, 0.1) is 13.8 Å². The Morgan fingerprint density at radius 1 is 1.26 bits per heavy atom. The third kappa shape index (κ3) is 4.23. The smallest absolute Gasteiger partial charge is 0.296 e. The normalized spacial score (nSPS) is 27.2. The van der Waals surface area contributed by atoms with Crippen LogP contribution in [0.3, 0.4) is 0 Å². The molecule has 1 unspecified atom stereocenters. The lowest BCUT2D eigenvalue weighted by atomic mass is 9.95. The van der Waals surface area contributed by atoms with Crippen LogP contribution in [0.5, 0.6) is 6.01 Å². The fraction of sp³-hybridized carbons (Fsp3) is 0.621. The van der Waals surface area contributed by atoms with Gasteiger partial charge in [-0.2, -0.15) is 10.1 Å². The van der Waals surface area contributed by atoms with E-state index in [1.54, 1.807) is 0 Å². The number of H-pyrrole nitrogens is 1. The quantitative estimate of drug-likeness (QED) is 0.528. The van der Waals surface area contributed by atoms with Crippen molar-refractivity contribution in [2.24, 2.45) is 0 Å². The standard InChI is InChI=1S/C29H37FN6O3/c1-18-12-24-22(14-31-36(24)25-6-3-4-11-38-25)26(19(18)2)34-10-7-21-23(16-34)32-28(33-27(21)37)39-17-29-8-5-9-35(29)15-20(30)13-29/h12,14,20,25H,3-11,13,15-17H2,1-2H3,(H,32,33,37)/t20-,25?,29+/m1/s1. The van der Waals surface area contributed by atoms with E-state index in [1.807, 2.05) is 10.9 Å². The summed E-state index contributed by atoms with van der Waals surface area (Å²) in [5.41, 5.74) is 5.67. The van der Waals surface area contributed by atoms with E-state index in [4.69, 9.17) is 19.6 Å². The van der Waals surface area contributed by atoms with Gasteiger partial charge >= 0.3 is 0 Å². The highest BCUT2D eigenvalue weighted by atomic mass is 19.1. The Morgan fingerprint density at radius 2 is 2.15 bits per heavy atom. The van der Waals surface area contributed by atoms with Gasteiger partial charge in [0.1, 0.15) is 12.8 Å². The number of aromatic amines is 1. The number of hydrogen-bond acceptors (Lipinski definition) is 7. The van der Waals surface area contributed by atoms with Crippen LogP contribution in [0.25, 0.3) is 10.9 Å². The van der Waals surface area contributed by atoms with Crippen molar-refractivity contribution in [1.82, 2.24) is 24.6 Å². The molecule has 0 amide bonds. The average Bonchev–Trinajstić information content (AvgIpc) is 3.60. The number of aryl methyl sites for hydroxylation is 1. The molecule has 3 aromatic rings. The predicted octanol–water partition coefficient (Wildman–Crippen LogP) is 3.95. The summed E-state index contributed by atoms with van der Waals surface area (Å²) in [4.78, 5) is 25.2. The van der Waals surface area contributed by atoms with E-state index in [9.17, 15) is 9.18 Å². The van der Waals surface area contributed by atoms with E-state index in [1.165, 1.54) is 11.1 Å². The number of hydrogen-bond donors (Lipinski definition) is 1. The molecule has 0 spiro atoms. The number of rotatable bonds is 5. The van der Waals surface area contributed by atoms with Crippen molar-refractivity contribution < 1.29 is 13.9 Å². The molecule has 10 heteroatoms. The molecule has 9 nitrogen and oxygen atoms in total. The molecule has 3 fully saturated rings. The number of ether oxygens (including phenoxy) is 2. The Labute approximate surface area is 227 Å². The first-order chi connectivity index (χ1) is 18.9. The second kappa shape index (κ2) is 9.59. The molecule has 0 aliphatic carbocycles. The monoisotopic (exact) mass is 536 g/mol. The van der Waals surface area contributed by atoms with Gasteiger partial charge in [-0.15, -0.1) is 0 Å². The fourth-order valence-electron chi connectivity index (χ4n) is 7.28. The van der Waals surface area contributed by atoms with Crippen molar-refractivity contribution in [3.63, 3.8) is 0 Å². The lowest BCUT2D eigenvalue weighted by Gasteiger charge is -2.33. The number of anilines is 1. The van der Waals surface area contributed by atoms with Crippen molar-refractivity contribution in [2.75, 3.05) is 37.7 Å². The molecule has 208 valence electrons. The van der Waals surface area contributed by atoms with E-state index >= 15 is 0 Å². The van der Waals surface area contributed by atoms with Crippen LogP contribution in [0.1, 0.15) is 67.1 Å². The second-order valence-corrected chi connectivity index (χ2v) is 11.8. The lowest BCUT2D eigenvalue weighted by molar-refractivity contribution is -0.0366. The van der Waals surface area contributed by atoms with Crippen molar-refractivity contribution >= 4 is 16.6 Å². The molecule has 6 heterocycles. The highest BCUT2D eigenvalue weighted by Gasteiger charge is 2.49. The maximum atomic E-state index is 14.2. The van der Waals surface area contributed by atoms with Crippen molar-refractivity contribution in [3.8, 4) is 6.01 Å². The summed E-state index contributed by atoms with van der Waals surface area (Å²) < 4.78 is 28.4. The Kier molecular flexibility index (Phi) is 6.15. The van der Waals surface area contributed by atoms with Gasteiger partial charge in [-0.1, -0.05) is 0 Å². The first kappa shape index (κ1) is 25.0. The molecule has 0 saturated carbocycles. The van der Waals surface area contributed by atoms with Crippen molar-refractivity contribution in [1.29, 1.82) is 0 Å². The van der Waals surface area contributed by atoms with E-state index in [0.29, 0.717) is 32.5 Å². The number of fused-ring (bicyclic) bond motifs is 3. The Bertz CT molecular complexity index is 1460. The van der Waals surface area contributed by atoms with Gasteiger partial charge in [-0.3, -0.25) is 14.7 Å². The van der Waals surface area contributed by atoms with Crippen LogP contribution in [-0.2, 0) is 17.7 Å². The highest BCUT2D eigenvalue weighted by molar-refractivity contribution is 5.95. The number of aromatic nitrogens is 4. The van der Waals surface area contributed by atoms with E-state index in [2.05, 4.69) is 34.7 Å². The number of nitrogens with zero attached hydrogens (tertiary/aromatic N) is 5. The topological polar surface area (TPSA) is 88.5 Å². The lowest BCUT2D eigenvalue weighted by Crippen LogP contribution is -2.44. The molecule has 1 aromatic carbocycles. The van der Waals surface area contributed by atoms with E-state index in [-0.39, 0.29) is 23.3 Å². The van der Waals surface area contributed by atoms with Crippen molar-refractivity contribution in [3.05, 3.63) is 45.0 Å². The molecular formula is C29H37FN6O3. The number of halogens is 1. The van der Waals surface area contributed by atoms with Gasteiger partial charge in [-0.05, 0) is 76.1 Å².